The molecule has 0 bridgehead atoms. The van der Waals surface area contributed by atoms with Crippen LogP contribution in [0.4, 0.5) is 0 Å². The minimum atomic E-state index is -0.600. The smallest absolute Gasteiger partial charge is 0.265 e. The van der Waals surface area contributed by atoms with Gasteiger partial charge in [-0.25, -0.2) is 0 Å². The molecule has 30 heavy (non-hydrogen) atoms. The summed E-state index contributed by atoms with van der Waals surface area (Å²) < 4.78 is 5.73. The maximum Gasteiger partial charge on any atom is 0.265 e. The topological polar surface area (TPSA) is 58.6 Å². The number of benzene rings is 2. The van der Waals surface area contributed by atoms with E-state index < -0.39 is 11.8 Å². The summed E-state index contributed by atoms with van der Waals surface area (Å²) in [5.41, 5.74) is 1.14. The molecular weight excluding hydrogens is 467 g/mol. The van der Waals surface area contributed by atoms with E-state index in [-0.39, 0.29) is 39.6 Å². The van der Waals surface area contributed by atoms with Gasteiger partial charge in [0.05, 0.1) is 10.0 Å². The molecule has 2 aromatic carbocycles. The number of nitrogens with zero attached hydrogens (tertiary/aromatic N) is 1. The van der Waals surface area contributed by atoms with Crippen LogP contribution in [0.25, 0.3) is 6.08 Å². The maximum absolute atomic E-state index is 12.6. The van der Waals surface area contributed by atoms with Crippen molar-refractivity contribution in [3.05, 3.63) is 80.8 Å². The van der Waals surface area contributed by atoms with E-state index in [1.165, 1.54) is 17.1 Å². The summed E-state index contributed by atoms with van der Waals surface area (Å²) >= 11 is 23.8. The molecule has 1 N–H and O–H groups in total. The molecule has 0 radical (unpaired) electrons. The zero-order valence-electron chi connectivity index (χ0n) is 15.5. The first-order valence-electron chi connectivity index (χ1n) is 8.67. The zero-order chi connectivity index (χ0) is 21.8. The average molecular weight is 482 g/mol. The molecule has 0 unspecified atom stereocenters. The van der Waals surface area contributed by atoms with Crippen LogP contribution in [0.15, 0.2) is 54.6 Å². The zero-order valence-corrected chi connectivity index (χ0v) is 18.5. The second-order valence-electron chi connectivity index (χ2n) is 6.22. The van der Waals surface area contributed by atoms with Gasteiger partial charge in [0.2, 0.25) is 0 Å². The van der Waals surface area contributed by atoms with E-state index in [2.05, 4.69) is 11.9 Å². The third-order valence-electron chi connectivity index (χ3n) is 4.16. The second-order valence-corrected chi connectivity index (χ2v) is 7.82. The van der Waals surface area contributed by atoms with Crippen molar-refractivity contribution >= 4 is 70.0 Å². The predicted molar refractivity (Wildman–Crippen MR) is 123 cm³/mol. The summed E-state index contributed by atoms with van der Waals surface area (Å²) in [5, 5.41) is 3.52. The lowest BCUT2D eigenvalue weighted by atomic mass is 10.1. The molecule has 0 saturated carbocycles. The molecule has 1 aliphatic rings. The first-order chi connectivity index (χ1) is 14.3. The van der Waals surface area contributed by atoms with Crippen molar-refractivity contribution in [2.24, 2.45) is 0 Å². The largest absolute Gasteiger partial charge is 0.486 e. The summed E-state index contributed by atoms with van der Waals surface area (Å²) in [5.74, 6) is -0.860. The van der Waals surface area contributed by atoms with Crippen molar-refractivity contribution in [3.63, 3.8) is 0 Å². The van der Waals surface area contributed by atoms with Crippen LogP contribution in [0.3, 0.4) is 0 Å². The van der Waals surface area contributed by atoms with E-state index >= 15 is 0 Å². The Balaban J connectivity index is 1.86. The van der Waals surface area contributed by atoms with Gasteiger partial charge in [-0.15, -0.1) is 6.58 Å². The number of carbonyl (C=O) groups excluding carboxylic acids is 2. The molecule has 2 aromatic rings. The van der Waals surface area contributed by atoms with Crippen molar-refractivity contribution in [2.45, 2.75) is 6.61 Å². The summed E-state index contributed by atoms with van der Waals surface area (Å²) in [4.78, 5) is 26.1. The van der Waals surface area contributed by atoms with E-state index in [4.69, 9.17) is 51.8 Å². The van der Waals surface area contributed by atoms with Crippen LogP contribution in [0, 0.1) is 0 Å². The van der Waals surface area contributed by atoms with Crippen LogP contribution >= 0.6 is 47.0 Å². The number of amides is 2. The van der Waals surface area contributed by atoms with E-state index in [0.717, 1.165) is 5.56 Å². The third-order valence-corrected chi connectivity index (χ3v) is 5.41. The lowest BCUT2D eigenvalue weighted by molar-refractivity contribution is -0.128. The molecular formula is C21H15Cl3N2O3S. The highest BCUT2D eigenvalue weighted by molar-refractivity contribution is 7.80. The average Bonchev–Trinajstić information content (AvgIpc) is 2.69. The highest BCUT2D eigenvalue weighted by Crippen LogP contribution is 2.36. The van der Waals surface area contributed by atoms with Crippen LogP contribution in [-0.2, 0) is 16.2 Å². The van der Waals surface area contributed by atoms with Gasteiger partial charge in [-0.05, 0) is 42.1 Å². The summed E-state index contributed by atoms with van der Waals surface area (Å²) in [6.45, 7) is 3.93. The van der Waals surface area contributed by atoms with Crippen LogP contribution in [0.1, 0.15) is 11.1 Å². The molecule has 0 aliphatic carbocycles. The molecule has 3 rings (SSSR count). The van der Waals surface area contributed by atoms with Gasteiger partial charge in [0, 0.05) is 17.1 Å². The molecule has 5 nitrogen and oxygen atoms in total. The van der Waals surface area contributed by atoms with Crippen LogP contribution < -0.4 is 10.1 Å². The maximum atomic E-state index is 12.6. The van der Waals surface area contributed by atoms with Crippen molar-refractivity contribution in [1.82, 2.24) is 10.2 Å². The Morgan fingerprint density at radius 3 is 2.40 bits per heavy atom. The van der Waals surface area contributed by atoms with Crippen molar-refractivity contribution in [1.29, 1.82) is 0 Å². The molecule has 9 heteroatoms. The fourth-order valence-electron chi connectivity index (χ4n) is 2.72. The van der Waals surface area contributed by atoms with E-state index in [1.54, 1.807) is 18.2 Å². The first-order valence-corrected chi connectivity index (χ1v) is 10.2. The number of hydrogen-bond donors (Lipinski definition) is 1. The molecule has 0 spiro atoms. The van der Waals surface area contributed by atoms with Crippen LogP contribution in [-0.4, -0.2) is 28.4 Å². The van der Waals surface area contributed by atoms with Gasteiger partial charge in [0.25, 0.3) is 11.8 Å². The summed E-state index contributed by atoms with van der Waals surface area (Å²) in [7, 11) is 0. The predicted octanol–water partition coefficient (Wildman–Crippen LogP) is 5.04. The van der Waals surface area contributed by atoms with E-state index in [9.17, 15) is 9.59 Å². The molecule has 2 amide bonds. The van der Waals surface area contributed by atoms with E-state index in [0.29, 0.717) is 10.6 Å². The van der Waals surface area contributed by atoms with Gasteiger partial charge < -0.3 is 4.74 Å². The number of rotatable bonds is 6. The fraction of sp³-hybridized carbons (Fsp3) is 0.0952. The Hall–Kier alpha value is -2.38. The van der Waals surface area contributed by atoms with Gasteiger partial charge in [0.15, 0.2) is 10.9 Å². The molecule has 1 fully saturated rings. The van der Waals surface area contributed by atoms with Gasteiger partial charge in [0.1, 0.15) is 12.2 Å². The van der Waals surface area contributed by atoms with Gasteiger partial charge in [-0.1, -0.05) is 59.1 Å². The number of carbonyl (C=O) groups is 2. The first kappa shape index (κ1) is 22.3. The number of hydrogen-bond acceptors (Lipinski definition) is 4. The van der Waals surface area contributed by atoms with Gasteiger partial charge in [-0.3, -0.25) is 19.8 Å². The Morgan fingerprint density at radius 2 is 1.77 bits per heavy atom. The number of nitrogens with one attached hydrogen (secondary N) is 1. The lowest BCUT2D eigenvalue weighted by Crippen LogP contribution is -2.53. The number of ether oxygens (including phenoxy) is 1. The quantitative estimate of drug-likeness (QED) is 0.272. The SMILES string of the molecule is C=CCN1C(=O)/C(=C/c2cc(Cl)c(OCc3ccccc3Cl)c(Cl)c2)C(=O)NC1=S. The fourth-order valence-corrected chi connectivity index (χ4v) is 3.78. The van der Waals surface area contributed by atoms with Crippen molar-refractivity contribution in [3.8, 4) is 5.75 Å². The normalized spacial score (nSPS) is 15.4. The Morgan fingerprint density at radius 1 is 1.10 bits per heavy atom. The molecule has 154 valence electrons. The Kier molecular flexibility index (Phi) is 7.15. The van der Waals surface area contributed by atoms with Gasteiger partial charge >= 0.3 is 0 Å². The monoisotopic (exact) mass is 480 g/mol. The summed E-state index contributed by atoms with van der Waals surface area (Å²) in [6, 6.07) is 10.3. The molecule has 1 saturated heterocycles. The third kappa shape index (κ3) is 4.84. The second kappa shape index (κ2) is 9.62. The van der Waals surface area contributed by atoms with Crippen molar-refractivity contribution in [2.75, 3.05) is 6.54 Å². The van der Waals surface area contributed by atoms with Crippen LogP contribution in [0.5, 0.6) is 5.75 Å². The minimum Gasteiger partial charge on any atom is -0.486 e. The molecule has 1 heterocycles. The van der Waals surface area contributed by atoms with Crippen molar-refractivity contribution < 1.29 is 14.3 Å². The summed E-state index contributed by atoms with van der Waals surface area (Å²) in [6.07, 6.45) is 2.91. The lowest BCUT2D eigenvalue weighted by Gasteiger charge is -2.27. The van der Waals surface area contributed by atoms with Gasteiger partial charge in [-0.2, -0.15) is 0 Å². The standard InChI is InChI=1S/C21H15Cl3N2O3S/c1-2-7-26-20(28)14(19(27)25-21(26)30)8-12-9-16(23)18(17(24)10-12)29-11-13-5-3-4-6-15(13)22/h2-6,8-10H,1,7,11H2,(H,25,27,30)/b14-8+. The Bertz CT molecular complexity index is 1060. The van der Waals surface area contributed by atoms with Crippen LogP contribution in [0.2, 0.25) is 15.1 Å². The molecule has 0 atom stereocenters. The molecule has 0 aromatic heterocycles. The molecule has 1 aliphatic heterocycles. The number of halogens is 3. The highest BCUT2D eigenvalue weighted by atomic mass is 35.5. The Labute approximate surface area is 193 Å². The minimum absolute atomic E-state index is 0.0291. The highest BCUT2D eigenvalue weighted by Gasteiger charge is 2.32. The number of thiocarbonyl (C=S) groups is 1. The van der Waals surface area contributed by atoms with E-state index in [1.807, 2.05) is 18.2 Å².